The van der Waals surface area contributed by atoms with Crippen LogP contribution < -0.4 is 11.1 Å². The number of nitrogens with two attached hydrogens (primary N) is 1. The minimum Gasteiger partial charge on any atom is -0.379 e. The number of ether oxygens (including phenoxy) is 1. The predicted octanol–water partition coefficient (Wildman–Crippen LogP) is 2.75. The van der Waals surface area contributed by atoms with Crippen LogP contribution in [-0.4, -0.2) is 50.3 Å². The van der Waals surface area contributed by atoms with Crippen LogP contribution >= 0.6 is 35.3 Å². The molecular weight excluding hydrogens is 435 g/mol. The highest BCUT2D eigenvalue weighted by molar-refractivity contribution is 14.0. The molecule has 2 heterocycles. The zero-order chi connectivity index (χ0) is 16.1. The Morgan fingerprint density at radius 1 is 1.42 bits per heavy atom. The fourth-order valence-electron chi connectivity index (χ4n) is 3.09. The van der Waals surface area contributed by atoms with Gasteiger partial charge in [0.2, 0.25) is 0 Å². The third kappa shape index (κ3) is 5.57. The number of morpholine rings is 1. The number of nitrogens with one attached hydrogen (secondary N) is 1. The lowest BCUT2D eigenvalue weighted by Gasteiger charge is -2.33. The molecule has 0 amide bonds. The summed E-state index contributed by atoms with van der Waals surface area (Å²) < 4.78 is 5.49. The topological polar surface area (TPSA) is 62.9 Å². The number of aliphatic imine (C=N–C) groups is 1. The monoisotopic (exact) mass is 464 g/mol. The number of thiophene rings is 1. The van der Waals surface area contributed by atoms with Crippen molar-refractivity contribution >= 4 is 41.3 Å². The molecule has 3 N–H and O–H groups in total. The van der Waals surface area contributed by atoms with E-state index in [9.17, 15) is 0 Å². The molecule has 1 saturated heterocycles. The molecule has 7 heteroatoms. The van der Waals surface area contributed by atoms with Gasteiger partial charge in [0.25, 0.3) is 0 Å². The first kappa shape index (κ1) is 19.9. The molecule has 1 aromatic heterocycles. The van der Waals surface area contributed by atoms with Gasteiger partial charge in [-0.05, 0) is 37.8 Å². The molecule has 1 aliphatic heterocycles. The van der Waals surface area contributed by atoms with Crippen LogP contribution in [0.15, 0.2) is 17.1 Å². The molecule has 0 aromatic carbocycles. The summed E-state index contributed by atoms with van der Waals surface area (Å²) in [4.78, 5) is 9.81. The van der Waals surface area contributed by atoms with E-state index < -0.39 is 0 Å². The average molecular weight is 464 g/mol. The van der Waals surface area contributed by atoms with Crippen molar-refractivity contribution in [3.8, 4) is 0 Å². The smallest absolute Gasteiger partial charge is 0.188 e. The molecule has 3 rings (SSSR count). The molecule has 1 aliphatic carbocycles. The number of aryl methyl sites for hydroxylation is 1. The summed E-state index contributed by atoms with van der Waals surface area (Å²) in [5, 5.41) is 3.29. The summed E-state index contributed by atoms with van der Waals surface area (Å²) in [5.41, 5.74) is 6.06. The molecule has 136 valence electrons. The summed E-state index contributed by atoms with van der Waals surface area (Å²) in [6.45, 7) is 7.38. The van der Waals surface area contributed by atoms with Gasteiger partial charge < -0.3 is 15.8 Å². The maximum Gasteiger partial charge on any atom is 0.188 e. The van der Waals surface area contributed by atoms with Crippen molar-refractivity contribution in [1.82, 2.24) is 10.2 Å². The maximum absolute atomic E-state index is 6.06. The van der Waals surface area contributed by atoms with Crippen molar-refractivity contribution in [2.24, 2.45) is 16.6 Å². The first-order valence-electron chi connectivity index (χ1n) is 8.64. The molecule has 1 aromatic rings. The summed E-state index contributed by atoms with van der Waals surface area (Å²) in [6, 6.07) is 4.73. The Morgan fingerprint density at radius 3 is 2.75 bits per heavy atom. The van der Waals surface area contributed by atoms with Crippen LogP contribution in [-0.2, 0) is 4.74 Å². The van der Waals surface area contributed by atoms with E-state index >= 15 is 0 Å². The van der Waals surface area contributed by atoms with Gasteiger partial charge >= 0.3 is 0 Å². The first-order chi connectivity index (χ1) is 11.2. The quantitative estimate of drug-likeness (QED) is 0.386. The van der Waals surface area contributed by atoms with Gasteiger partial charge in [0.05, 0.1) is 25.8 Å². The van der Waals surface area contributed by atoms with E-state index in [0.29, 0.717) is 18.5 Å². The summed E-state index contributed by atoms with van der Waals surface area (Å²) >= 11 is 1.86. The molecule has 1 saturated carbocycles. The van der Waals surface area contributed by atoms with Crippen molar-refractivity contribution in [2.45, 2.75) is 32.2 Å². The SMILES string of the molecule is Cc1ccc(C(CN=C(N)NCC2CCC2)N2CCOCC2)s1.I. The van der Waals surface area contributed by atoms with Crippen molar-refractivity contribution in [2.75, 3.05) is 39.4 Å². The number of nitrogens with zero attached hydrogens (tertiary/aromatic N) is 2. The summed E-state index contributed by atoms with van der Waals surface area (Å²) in [7, 11) is 0. The Morgan fingerprint density at radius 2 is 2.17 bits per heavy atom. The van der Waals surface area contributed by atoms with Crippen molar-refractivity contribution in [3.63, 3.8) is 0 Å². The largest absolute Gasteiger partial charge is 0.379 e. The van der Waals surface area contributed by atoms with Gasteiger partial charge in [0.1, 0.15) is 0 Å². The highest BCUT2D eigenvalue weighted by Gasteiger charge is 2.24. The molecule has 1 unspecified atom stereocenters. The highest BCUT2D eigenvalue weighted by atomic mass is 127. The molecule has 2 aliphatic rings. The summed E-state index contributed by atoms with van der Waals surface area (Å²) in [6.07, 6.45) is 4.01. The minimum absolute atomic E-state index is 0. The zero-order valence-electron chi connectivity index (χ0n) is 14.4. The lowest BCUT2D eigenvalue weighted by molar-refractivity contribution is 0.0187. The van der Waals surface area contributed by atoms with Crippen LogP contribution in [0.25, 0.3) is 0 Å². The van der Waals surface area contributed by atoms with Crippen molar-refractivity contribution < 1.29 is 4.74 Å². The zero-order valence-corrected chi connectivity index (χ0v) is 17.5. The first-order valence-corrected chi connectivity index (χ1v) is 9.46. The van der Waals surface area contributed by atoms with Gasteiger partial charge in [-0.15, -0.1) is 35.3 Å². The summed E-state index contributed by atoms with van der Waals surface area (Å²) in [5.74, 6) is 1.38. The minimum atomic E-state index is 0. The van der Waals surface area contributed by atoms with Crippen LogP contribution in [0.4, 0.5) is 0 Å². The molecule has 0 radical (unpaired) electrons. The third-order valence-electron chi connectivity index (χ3n) is 4.81. The van der Waals surface area contributed by atoms with Gasteiger partial charge in [-0.25, -0.2) is 0 Å². The van der Waals surface area contributed by atoms with Gasteiger partial charge in [-0.3, -0.25) is 9.89 Å². The Bertz CT molecular complexity index is 526. The third-order valence-corrected chi connectivity index (χ3v) is 5.91. The normalized spacial score (nSPS) is 21.0. The van der Waals surface area contributed by atoms with Crippen LogP contribution in [0.3, 0.4) is 0 Å². The second kappa shape index (κ2) is 9.94. The van der Waals surface area contributed by atoms with Crippen LogP contribution in [0.5, 0.6) is 0 Å². The van der Waals surface area contributed by atoms with E-state index in [0.717, 1.165) is 38.8 Å². The Kier molecular flexibility index (Phi) is 8.25. The van der Waals surface area contributed by atoms with E-state index in [2.05, 4.69) is 34.3 Å². The Labute approximate surface area is 166 Å². The fraction of sp³-hybridized carbons (Fsp3) is 0.706. The second-order valence-corrected chi connectivity index (χ2v) is 7.84. The Balaban J connectivity index is 0.00000208. The number of hydrogen-bond donors (Lipinski definition) is 2. The van der Waals surface area contributed by atoms with Crippen LogP contribution in [0, 0.1) is 12.8 Å². The van der Waals surface area contributed by atoms with E-state index in [4.69, 9.17) is 10.5 Å². The van der Waals surface area contributed by atoms with Gasteiger partial charge in [-0.2, -0.15) is 0 Å². The highest BCUT2D eigenvalue weighted by Crippen LogP contribution is 2.28. The molecule has 1 atom stereocenters. The number of halogens is 1. The number of guanidine groups is 1. The molecule has 0 bridgehead atoms. The molecule has 0 spiro atoms. The predicted molar refractivity (Wildman–Crippen MR) is 111 cm³/mol. The van der Waals surface area contributed by atoms with Gasteiger partial charge in [0.15, 0.2) is 5.96 Å². The number of hydrogen-bond acceptors (Lipinski definition) is 4. The van der Waals surface area contributed by atoms with Gasteiger partial charge in [0, 0.05) is 29.4 Å². The lowest BCUT2D eigenvalue weighted by atomic mass is 9.85. The lowest BCUT2D eigenvalue weighted by Crippen LogP contribution is -2.41. The van der Waals surface area contributed by atoms with E-state index in [-0.39, 0.29) is 24.0 Å². The fourth-order valence-corrected chi connectivity index (χ4v) is 4.10. The van der Waals surface area contributed by atoms with E-state index in [1.165, 1.54) is 29.0 Å². The van der Waals surface area contributed by atoms with Crippen LogP contribution in [0.2, 0.25) is 0 Å². The standard InChI is InChI=1S/C17H28N4OS.HI/c1-13-5-6-16(23-13)15(21-7-9-22-10-8-21)12-20-17(18)19-11-14-3-2-4-14;/h5-6,14-15H,2-4,7-12H2,1H3,(H3,18,19,20);1H. The number of rotatable bonds is 6. The average Bonchev–Trinajstić information content (AvgIpc) is 2.93. The second-order valence-electron chi connectivity index (χ2n) is 6.52. The van der Waals surface area contributed by atoms with Crippen LogP contribution in [0.1, 0.15) is 35.1 Å². The van der Waals surface area contributed by atoms with E-state index in [1.807, 2.05) is 11.3 Å². The van der Waals surface area contributed by atoms with Crippen molar-refractivity contribution in [1.29, 1.82) is 0 Å². The molecule has 5 nitrogen and oxygen atoms in total. The van der Waals surface area contributed by atoms with Gasteiger partial charge in [-0.1, -0.05) is 6.42 Å². The maximum atomic E-state index is 6.06. The molecule has 24 heavy (non-hydrogen) atoms. The van der Waals surface area contributed by atoms with E-state index in [1.54, 1.807) is 0 Å². The molecule has 2 fully saturated rings. The Hall–Kier alpha value is -0.380. The molecular formula is C17H29IN4OS. The van der Waals surface area contributed by atoms with Crippen molar-refractivity contribution in [3.05, 3.63) is 21.9 Å².